The van der Waals surface area contributed by atoms with Crippen LogP contribution in [0.25, 0.3) is 6.08 Å². The normalized spacial score (nSPS) is 14.3. The molecule has 1 aliphatic heterocycles. The van der Waals surface area contributed by atoms with Crippen molar-refractivity contribution in [3.05, 3.63) is 58.5 Å². The van der Waals surface area contributed by atoms with Crippen molar-refractivity contribution in [3.8, 4) is 11.5 Å². The maximum absolute atomic E-state index is 12.5. The standard InChI is InChI=1S/C24H24N2O7S/c1-4-32-19-11-16(12-20-23(29)26(24(30)34-20)13-22(28)31-3)9-10-18(19)33-14-21(27)25-17-8-6-5-7-15(17)2/h5-12H,4,13-14H2,1-3H3,(H,25,27)/b20-12-. The number of hydrogen-bond acceptors (Lipinski definition) is 8. The van der Waals surface area contributed by atoms with E-state index in [4.69, 9.17) is 9.47 Å². The van der Waals surface area contributed by atoms with Crippen LogP contribution in [0, 0.1) is 6.92 Å². The Labute approximate surface area is 201 Å². The fraction of sp³-hybridized carbons (Fsp3) is 0.250. The highest BCUT2D eigenvalue weighted by molar-refractivity contribution is 8.18. The summed E-state index contributed by atoms with van der Waals surface area (Å²) in [6, 6.07) is 12.4. The summed E-state index contributed by atoms with van der Waals surface area (Å²) in [6.45, 7) is 3.39. The number of amides is 3. The third-order valence-corrected chi connectivity index (χ3v) is 5.64. The van der Waals surface area contributed by atoms with Crippen molar-refractivity contribution in [1.29, 1.82) is 0 Å². The predicted molar refractivity (Wildman–Crippen MR) is 128 cm³/mol. The first-order valence-corrected chi connectivity index (χ1v) is 11.2. The van der Waals surface area contributed by atoms with Crippen molar-refractivity contribution in [2.75, 3.05) is 32.2 Å². The lowest BCUT2D eigenvalue weighted by molar-refractivity contribution is -0.143. The van der Waals surface area contributed by atoms with Crippen LogP contribution in [0.15, 0.2) is 47.4 Å². The van der Waals surface area contributed by atoms with Gasteiger partial charge in [-0.15, -0.1) is 0 Å². The van der Waals surface area contributed by atoms with Crippen LogP contribution in [0.2, 0.25) is 0 Å². The zero-order chi connectivity index (χ0) is 24.7. The third kappa shape index (κ3) is 6.16. The van der Waals surface area contributed by atoms with Crippen LogP contribution in [0.5, 0.6) is 11.5 Å². The second-order valence-electron chi connectivity index (χ2n) is 7.13. The maximum Gasteiger partial charge on any atom is 0.325 e. The van der Waals surface area contributed by atoms with Gasteiger partial charge in [0.05, 0.1) is 18.6 Å². The van der Waals surface area contributed by atoms with E-state index in [1.54, 1.807) is 31.2 Å². The molecule has 0 radical (unpaired) electrons. The molecule has 0 unspecified atom stereocenters. The second kappa shape index (κ2) is 11.4. The van der Waals surface area contributed by atoms with E-state index in [1.165, 1.54) is 13.2 Å². The molecule has 34 heavy (non-hydrogen) atoms. The minimum atomic E-state index is -0.685. The molecule has 1 N–H and O–H groups in total. The highest BCUT2D eigenvalue weighted by Gasteiger charge is 2.36. The van der Waals surface area contributed by atoms with Gasteiger partial charge in [0.15, 0.2) is 18.1 Å². The van der Waals surface area contributed by atoms with E-state index in [0.29, 0.717) is 29.4 Å². The van der Waals surface area contributed by atoms with Gasteiger partial charge in [0, 0.05) is 5.69 Å². The fourth-order valence-corrected chi connectivity index (χ4v) is 3.86. The summed E-state index contributed by atoms with van der Waals surface area (Å²) in [7, 11) is 1.18. The van der Waals surface area contributed by atoms with Crippen LogP contribution in [-0.4, -0.2) is 54.8 Å². The monoisotopic (exact) mass is 484 g/mol. The van der Waals surface area contributed by atoms with E-state index in [-0.39, 0.29) is 17.4 Å². The zero-order valence-electron chi connectivity index (χ0n) is 19.0. The molecular weight excluding hydrogens is 460 g/mol. The van der Waals surface area contributed by atoms with Crippen LogP contribution in [0.3, 0.4) is 0 Å². The number of nitrogens with zero attached hydrogens (tertiary/aromatic N) is 1. The molecule has 10 heteroatoms. The average Bonchev–Trinajstić information content (AvgIpc) is 3.07. The van der Waals surface area contributed by atoms with Crippen molar-refractivity contribution in [3.63, 3.8) is 0 Å². The smallest absolute Gasteiger partial charge is 0.325 e. The summed E-state index contributed by atoms with van der Waals surface area (Å²) < 4.78 is 15.8. The van der Waals surface area contributed by atoms with Crippen molar-refractivity contribution in [1.82, 2.24) is 4.90 Å². The molecule has 2 aromatic carbocycles. The number of para-hydroxylation sites is 1. The molecular formula is C24H24N2O7S. The molecule has 3 amide bonds. The molecule has 3 rings (SSSR count). The van der Waals surface area contributed by atoms with Gasteiger partial charge in [-0.1, -0.05) is 24.3 Å². The first-order chi connectivity index (χ1) is 16.3. The quantitative estimate of drug-likeness (QED) is 0.424. The molecule has 1 heterocycles. The van der Waals surface area contributed by atoms with Crippen LogP contribution in [0.1, 0.15) is 18.1 Å². The lowest BCUT2D eigenvalue weighted by Crippen LogP contribution is -2.34. The zero-order valence-corrected chi connectivity index (χ0v) is 19.8. The molecule has 0 aliphatic carbocycles. The number of nitrogens with one attached hydrogen (secondary N) is 1. The van der Waals surface area contributed by atoms with Crippen molar-refractivity contribution in [2.45, 2.75) is 13.8 Å². The number of esters is 1. The Morgan fingerprint density at radius 3 is 2.56 bits per heavy atom. The van der Waals surface area contributed by atoms with Gasteiger partial charge in [0.25, 0.3) is 17.1 Å². The Kier molecular flexibility index (Phi) is 8.31. The number of aryl methyl sites for hydroxylation is 1. The lowest BCUT2D eigenvalue weighted by atomic mass is 10.2. The Morgan fingerprint density at radius 2 is 1.85 bits per heavy atom. The van der Waals surface area contributed by atoms with Crippen molar-refractivity contribution in [2.24, 2.45) is 0 Å². The minimum Gasteiger partial charge on any atom is -0.490 e. The van der Waals surface area contributed by atoms with Gasteiger partial charge in [0.1, 0.15) is 6.54 Å². The molecule has 1 saturated heterocycles. The summed E-state index contributed by atoms with van der Waals surface area (Å²) >= 11 is 0.734. The van der Waals surface area contributed by atoms with E-state index >= 15 is 0 Å². The Bertz CT molecular complexity index is 1150. The summed E-state index contributed by atoms with van der Waals surface area (Å²) in [5.74, 6) is -0.840. The van der Waals surface area contributed by atoms with E-state index in [9.17, 15) is 19.2 Å². The Balaban J connectivity index is 1.71. The largest absolute Gasteiger partial charge is 0.490 e. The second-order valence-corrected chi connectivity index (χ2v) is 8.13. The minimum absolute atomic E-state index is 0.169. The summed E-state index contributed by atoms with van der Waals surface area (Å²) in [5, 5.41) is 2.25. The number of carbonyl (C=O) groups excluding carboxylic acids is 4. The first kappa shape index (κ1) is 24.8. The number of imide groups is 1. The molecule has 1 fully saturated rings. The molecule has 1 aliphatic rings. The topological polar surface area (TPSA) is 111 Å². The highest BCUT2D eigenvalue weighted by Crippen LogP contribution is 2.34. The van der Waals surface area contributed by atoms with Gasteiger partial charge in [-0.3, -0.25) is 24.1 Å². The SMILES string of the molecule is CCOc1cc(/C=C2\SC(=O)N(CC(=O)OC)C2=O)ccc1OCC(=O)Nc1ccccc1C. The summed E-state index contributed by atoms with van der Waals surface area (Å²) in [4.78, 5) is 49.4. The van der Waals surface area contributed by atoms with E-state index < -0.39 is 23.7 Å². The number of hydrogen-bond donors (Lipinski definition) is 1. The van der Waals surface area contributed by atoms with Crippen LogP contribution < -0.4 is 14.8 Å². The molecule has 0 bridgehead atoms. The Hall–Kier alpha value is -3.79. The molecule has 0 aromatic heterocycles. The Morgan fingerprint density at radius 1 is 1.09 bits per heavy atom. The summed E-state index contributed by atoms with van der Waals surface area (Å²) in [6.07, 6.45) is 1.53. The van der Waals surface area contributed by atoms with Crippen molar-refractivity contribution < 1.29 is 33.4 Å². The average molecular weight is 485 g/mol. The predicted octanol–water partition coefficient (Wildman–Crippen LogP) is 3.62. The molecule has 0 spiro atoms. The van der Waals surface area contributed by atoms with Crippen LogP contribution in [0.4, 0.5) is 10.5 Å². The number of anilines is 1. The van der Waals surface area contributed by atoms with Gasteiger partial charge in [0.2, 0.25) is 0 Å². The molecule has 9 nitrogen and oxygen atoms in total. The number of thioether (sulfide) groups is 1. The number of rotatable bonds is 9. The number of benzene rings is 2. The first-order valence-electron chi connectivity index (χ1n) is 10.4. The highest BCUT2D eigenvalue weighted by atomic mass is 32.2. The van der Waals surface area contributed by atoms with Gasteiger partial charge in [-0.2, -0.15) is 0 Å². The number of carbonyl (C=O) groups is 4. The number of methoxy groups -OCH3 is 1. The lowest BCUT2D eigenvalue weighted by Gasteiger charge is -2.13. The van der Waals surface area contributed by atoms with E-state index in [0.717, 1.165) is 22.2 Å². The van der Waals surface area contributed by atoms with E-state index in [2.05, 4.69) is 10.1 Å². The van der Waals surface area contributed by atoms with Gasteiger partial charge < -0.3 is 19.5 Å². The third-order valence-electron chi connectivity index (χ3n) is 4.73. The maximum atomic E-state index is 12.5. The van der Waals surface area contributed by atoms with Crippen LogP contribution >= 0.6 is 11.8 Å². The van der Waals surface area contributed by atoms with Gasteiger partial charge >= 0.3 is 5.97 Å². The number of ether oxygens (including phenoxy) is 3. The fourth-order valence-electron chi connectivity index (χ4n) is 3.03. The molecule has 178 valence electrons. The van der Waals surface area contributed by atoms with Gasteiger partial charge in [-0.25, -0.2) is 0 Å². The van der Waals surface area contributed by atoms with Crippen molar-refractivity contribution >= 4 is 46.5 Å². The van der Waals surface area contributed by atoms with Gasteiger partial charge in [-0.05, 0) is 61.0 Å². The molecule has 2 aromatic rings. The molecule has 0 atom stereocenters. The summed E-state index contributed by atoms with van der Waals surface area (Å²) in [5.41, 5.74) is 2.23. The van der Waals surface area contributed by atoms with E-state index in [1.807, 2.05) is 25.1 Å². The van der Waals surface area contributed by atoms with Crippen LogP contribution in [-0.2, 0) is 19.1 Å². The molecule has 0 saturated carbocycles.